The van der Waals surface area contributed by atoms with Crippen LogP contribution in [-0.2, 0) is 33.1 Å². The Morgan fingerprint density at radius 1 is 1.12 bits per heavy atom. The number of nitrogens with zero attached hydrogens (tertiary/aromatic N) is 1. The number of ether oxygens (including phenoxy) is 2. The first kappa shape index (κ1) is 27.4. The van der Waals surface area contributed by atoms with Gasteiger partial charge in [0.2, 0.25) is 12.7 Å². The zero-order valence-electron chi connectivity index (χ0n) is 19.6. The Morgan fingerprint density at radius 3 is 2.27 bits per heavy atom. The number of carbonyl (C=O) groups is 4. The highest BCUT2D eigenvalue weighted by Gasteiger charge is 2.55. The highest BCUT2D eigenvalue weighted by Crippen LogP contribution is 2.39. The topological polar surface area (TPSA) is 99.2 Å². The molecule has 1 heterocycles. The Hall–Kier alpha value is -1.88. The fourth-order valence-electron chi connectivity index (χ4n) is 3.68. The molecule has 1 aliphatic heterocycles. The molecule has 182 valence electrons. The van der Waals surface area contributed by atoms with Crippen LogP contribution in [0.25, 0.3) is 0 Å². The second kappa shape index (κ2) is 11.5. The minimum atomic E-state index is -1.95. The van der Waals surface area contributed by atoms with Crippen molar-refractivity contribution >= 4 is 54.6 Å². The SMILES string of the molecule is CC(=O)OCOC(=O)CN1C(=O)[C@H]([C@@H](C)O[Si](C)(C)C)[C@H]1[C@@H](C)C(=O)Sc1ccc(Cl)cc1. The predicted octanol–water partition coefficient (Wildman–Crippen LogP) is 3.73. The van der Waals surface area contributed by atoms with E-state index in [1.807, 2.05) is 26.6 Å². The molecule has 1 aromatic rings. The molecule has 33 heavy (non-hydrogen) atoms. The van der Waals surface area contributed by atoms with Crippen LogP contribution in [0.3, 0.4) is 0 Å². The Bertz CT molecular complexity index is 890. The van der Waals surface area contributed by atoms with Crippen molar-refractivity contribution in [1.29, 1.82) is 0 Å². The molecule has 4 atom stereocenters. The van der Waals surface area contributed by atoms with Crippen LogP contribution in [0.4, 0.5) is 0 Å². The van der Waals surface area contributed by atoms with Crippen molar-refractivity contribution in [3.05, 3.63) is 29.3 Å². The van der Waals surface area contributed by atoms with Crippen LogP contribution >= 0.6 is 23.4 Å². The van der Waals surface area contributed by atoms with E-state index in [9.17, 15) is 19.2 Å². The Kier molecular flexibility index (Phi) is 9.54. The largest absolute Gasteiger partial charge is 0.428 e. The lowest BCUT2D eigenvalue weighted by molar-refractivity contribution is -0.180. The third-order valence-electron chi connectivity index (χ3n) is 5.04. The van der Waals surface area contributed by atoms with Crippen LogP contribution in [0.2, 0.25) is 24.7 Å². The Morgan fingerprint density at radius 2 is 1.73 bits per heavy atom. The van der Waals surface area contributed by atoms with E-state index in [0.717, 1.165) is 16.7 Å². The third-order valence-corrected chi connectivity index (χ3v) is 7.45. The van der Waals surface area contributed by atoms with Crippen molar-refractivity contribution in [1.82, 2.24) is 4.90 Å². The van der Waals surface area contributed by atoms with Gasteiger partial charge in [0, 0.05) is 22.8 Å². The molecule has 1 aliphatic rings. The van der Waals surface area contributed by atoms with Crippen LogP contribution in [-0.4, -0.2) is 61.7 Å². The summed E-state index contributed by atoms with van der Waals surface area (Å²) in [5, 5.41) is 0.429. The highest BCUT2D eigenvalue weighted by molar-refractivity contribution is 8.13. The van der Waals surface area contributed by atoms with Crippen LogP contribution in [0, 0.1) is 11.8 Å². The molecule has 1 fully saturated rings. The summed E-state index contributed by atoms with van der Waals surface area (Å²) in [5.74, 6) is -2.70. The number of rotatable bonds is 10. The number of amides is 1. The smallest absolute Gasteiger partial charge is 0.328 e. The standard InChI is InChI=1S/C22H30ClNO7SSi/c1-13(22(28)32-17-9-7-16(23)8-10-17)20-19(14(2)31-33(4,5)6)21(27)24(20)11-18(26)30-12-29-15(3)25/h7-10,13-14,19-20H,11-12H2,1-6H3/t13-,14-,19-,20-/m1/s1. The van der Waals surface area contributed by atoms with Crippen molar-refractivity contribution < 1.29 is 33.1 Å². The number of halogens is 1. The number of thioether (sulfide) groups is 1. The Labute approximate surface area is 204 Å². The maximum Gasteiger partial charge on any atom is 0.328 e. The zero-order valence-corrected chi connectivity index (χ0v) is 22.2. The van der Waals surface area contributed by atoms with Crippen molar-refractivity contribution in [2.24, 2.45) is 11.8 Å². The molecule has 1 amide bonds. The molecule has 1 aromatic carbocycles. The van der Waals surface area contributed by atoms with Gasteiger partial charge < -0.3 is 18.8 Å². The lowest BCUT2D eigenvalue weighted by Crippen LogP contribution is -2.69. The van der Waals surface area contributed by atoms with Crippen LogP contribution in [0.1, 0.15) is 20.8 Å². The van der Waals surface area contributed by atoms with Crippen molar-refractivity contribution in [2.75, 3.05) is 13.3 Å². The summed E-state index contributed by atoms with van der Waals surface area (Å²) in [5.41, 5.74) is 0. The highest BCUT2D eigenvalue weighted by atomic mass is 35.5. The molecule has 0 aliphatic carbocycles. The molecule has 2 rings (SSSR count). The van der Waals surface area contributed by atoms with Crippen molar-refractivity contribution in [3.63, 3.8) is 0 Å². The summed E-state index contributed by atoms with van der Waals surface area (Å²) in [4.78, 5) is 51.2. The Balaban J connectivity index is 2.16. The van der Waals surface area contributed by atoms with Gasteiger partial charge in [0.1, 0.15) is 6.54 Å². The lowest BCUT2D eigenvalue weighted by Gasteiger charge is -2.51. The summed E-state index contributed by atoms with van der Waals surface area (Å²) < 4.78 is 15.6. The number of β-lactam (4-membered cyclic amide) rings is 1. The van der Waals surface area contributed by atoms with Crippen LogP contribution in [0.5, 0.6) is 0 Å². The van der Waals surface area contributed by atoms with E-state index in [1.54, 1.807) is 31.2 Å². The summed E-state index contributed by atoms with van der Waals surface area (Å²) in [7, 11) is -1.95. The summed E-state index contributed by atoms with van der Waals surface area (Å²) in [6.45, 7) is 9.97. The zero-order chi connectivity index (χ0) is 24.9. The minimum Gasteiger partial charge on any atom is -0.428 e. The van der Waals surface area contributed by atoms with Crippen molar-refractivity contribution in [2.45, 2.75) is 57.5 Å². The van der Waals surface area contributed by atoms with Gasteiger partial charge in [-0.25, -0.2) is 0 Å². The quantitative estimate of drug-likeness (QED) is 0.153. The molecular weight excluding hydrogens is 486 g/mol. The van der Waals surface area contributed by atoms with E-state index < -0.39 is 51.0 Å². The maximum absolute atomic E-state index is 13.1. The van der Waals surface area contributed by atoms with Gasteiger partial charge in [-0.05, 0) is 50.8 Å². The van der Waals surface area contributed by atoms with Gasteiger partial charge >= 0.3 is 11.9 Å². The van der Waals surface area contributed by atoms with Gasteiger partial charge in [0.05, 0.1) is 18.1 Å². The van der Waals surface area contributed by atoms with Crippen molar-refractivity contribution in [3.8, 4) is 0 Å². The van der Waals surface area contributed by atoms with E-state index in [4.69, 9.17) is 20.8 Å². The fraction of sp³-hybridized carbons (Fsp3) is 0.545. The normalized spacial score (nSPS) is 20.0. The molecule has 0 saturated carbocycles. The molecule has 0 spiro atoms. The number of carbonyl (C=O) groups excluding carboxylic acids is 4. The fourth-order valence-corrected chi connectivity index (χ4v) is 5.90. The van der Waals surface area contributed by atoms with Gasteiger partial charge in [-0.1, -0.05) is 30.3 Å². The molecule has 8 nitrogen and oxygen atoms in total. The number of benzene rings is 1. The molecule has 0 aromatic heterocycles. The molecule has 11 heteroatoms. The molecule has 0 N–H and O–H groups in total. The maximum atomic E-state index is 13.1. The van der Waals surface area contributed by atoms with Gasteiger partial charge in [0.15, 0.2) is 13.4 Å². The summed E-state index contributed by atoms with van der Waals surface area (Å²) >= 11 is 6.98. The third kappa shape index (κ3) is 7.84. The van der Waals surface area contributed by atoms with Gasteiger partial charge in [-0.15, -0.1) is 0 Å². The average molecular weight is 516 g/mol. The number of hydrogen-bond acceptors (Lipinski definition) is 8. The number of likely N-dealkylation sites (tertiary alicyclic amines) is 1. The first-order valence-electron chi connectivity index (χ1n) is 10.5. The first-order valence-corrected chi connectivity index (χ1v) is 15.1. The summed E-state index contributed by atoms with van der Waals surface area (Å²) in [6, 6.07) is 6.38. The average Bonchev–Trinajstić information content (AvgIpc) is 2.69. The second-order valence-corrected chi connectivity index (χ2v) is 14.8. The van der Waals surface area contributed by atoms with E-state index in [1.165, 1.54) is 11.8 Å². The molecule has 0 unspecified atom stereocenters. The van der Waals surface area contributed by atoms with Crippen LogP contribution < -0.4 is 0 Å². The first-order chi connectivity index (χ1) is 15.3. The monoisotopic (exact) mass is 515 g/mol. The van der Waals surface area contributed by atoms with Gasteiger partial charge in [0.25, 0.3) is 0 Å². The van der Waals surface area contributed by atoms with E-state index >= 15 is 0 Å². The second-order valence-electron chi connectivity index (χ2n) is 8.85. The minimum absolute atomic E-state index is 0.140. The molecule has 0 bridgehead atoms. The van der Waals surface area contributed by atoms with E-state index in [2.05, 4.69) is 4.74 Å². The van der Waals surface area contributed by atoms with Crippen LogP contribution in [0.15, 0.2) is 29.2 Å². The molecular formula is C22H30ClNO7SSi. The van der Waals surface area contributed by atoms with E-state index in [0.29, 0.717) is 5.02 Å². The lowest BCUT2D eigenvalue weighted by atomic mass is 9.77. The van der Waals surface area contributed by atoms with Gasteiger partial charge in [-0.3, -0.25) is 19.2 Å². The number of hydrogen-bond donors (Lipinski definition) is 0. The van der Waals surface area contributed by atoms with Gasteiger partial charge in [-0.2, -0.15) is 0 Å². The molecule has 1 saturated heterocycles. The molecule has 0 radical (unpaired) electrons. The summed E-state index contributed by atoms with van der Waals surface area (Å²) in [6.07, 6.45) is -0.404. The number of esters is 2. The van der Waals surface area contributed by atoms with E-state index in [-0.39, 0.29) is 17.6 Å². The predicted molar refractivity (Wildman–Crippen MR) is 127 cm³/mol.